The molecule has 0 fully saturated rings. The van der Waals surface area contributed by atoms with Crippen LogP contribution < -0.4 is 16.2 Å². The van der Waals surface area contributed by atoms with Crippen molar-refractivity contribution in [2.24, 2.45) is 11.5 Å². The summed E-state index contributed by atoms with van der Waals surface area (Å²) in [6.45, 7) is 0. The zero-order valence-corrected chi connectivity index (χ0v) is 16.5. The maximum Gasteiger partial charge on any atom is 0.490 e. The number of carbonyl (C=O) groups excluding carboxylic acids is 1. The SMILES string of the molecule is N[C@@H](Cc1ccc(OC(=O)[C@@H](N)Cc2ccc(O)cc2)cc1)C(=O)O.O=C(O)C(F)(F)F. The van der Waals surface area contributed by atoms with Crippen LogP contribution >= 0.6 is 0 Å². The molecule has 0 unspecified atom stereocenters. The molecule has 0 aliphatic heterocycles. The van der Waals surface area contributed by atoms with Gasteiger partial charge in [0.1, 0.15) is 23.6 Å². The van der Waals surface area contributed by atoms with Crippen LogP contribution in [0.2, 0.25) is 0 Å². The highest BCUT2D eigenvalue weighted by Gasteiger charge is 2.38. The Labute approximate surface area is 180 Å². The Bertz CT molecular complexity index is 916. The smallest absolute Gasteiger partial charge is 0.490 e. The molecule has 0 radical (unpaired) electrons. The number of phenolic OH excluding ortho intramolecular Hbond substituents is 1. The van der Waals surface area contributed by atoms with Crippen LogP contribution in [0.15, 0.2) is 48.5 Å². The molecule has 7 N–H and O–H groups in total. The minimum Gasteiger partial charge on any atom is -0.508 e. The first-order valence-electron chi connectivity index (χ1n) is 8.92. The zero-order valence-electron chi connectivity index (χ0n) is 16.5. The van der Waals surface area contributed by atoms with E-state index in [-0.39, 0.29) is 18.6 Å². The molecule has 2 aromatic carbocycles. The third kappa shape index (κ3) is 9.45. The van der Waals surface area contributed by atoms with Crippen molar-refractivity contribution in [1.29, 1.82) is 0 Å². The molecule has 174 valence electrons. The van der Waals surface area contributed by atoms with E-state index in [1.807, 2.05) is 0 Å². The molecule has 2 aromatic rings. The molecule has 0 aromatic heterocycles. The van der Waals surface area contributed by atoms with Crippen LogP contribution in [0.1, 0.15) is 11.1 Å². The Morgan fingerprint density at radius 1 is 0.844 bits per heavy atom. The first-order chi connectivity index (χ1) is 14.8. The molecule has 2 atom stereocenters. The van der Waals surface area contributed by atoms with Crippen LogP contribution in [0.3, 0.4) is 0 Å². The molecule has 32 heavy (non-hydrogen) atoms. The summed E-state index contributed by atoms with van der Waals surface area (Å²) in [6, 6.07) is 11.0. The average molecular weight is 458 g/mol. The van der Waals surface area contributed by atoms with Crippen molar-refractivity contribution in [2.75, 3.05) is 0 Å². The Balaban J connectivity index is 0.000000633. The molecule has 0 amide bonds. The molecule has 0 heterocycles. The van der Waals surface area contributed by atoms with E-state index in [0.29, 0.717) is 5.75 Å². The molecule has 0 aliphatic rings. The second-order valence-electron chi connectivity index (χ2n) is 6.49. The molecule has 9 nitrogen and oxygen atoms in total. The molecule has 12 heteroatoms. The van der Waals surface area contributed by atoms with Gasteiger partial charge < -0.3 is 31.5 Å². The van der Waals surface area contributed by atoms with E-state index in [9.17, 15) is 27.9 Å². The highest BCUT2D eigenvalue weighted by molar-refractivity contribution is 5.78. The number of hydrogen-bond acceptors (Lipinski definition) is 7. The van der Waals surface area contributed by atoms with E-state index in [1.165, 1.54) is 12.1 Å². The Morgan fingerprint density at radius 3 is 1.66 bits per heavy atom. The molecule has 0 aliphatic carbocycles. The second-order valence-corrected chi connectivity index (χ2v) is 6.49. The van der Waals surface area contributed by atoms with E-state index < -0.39 is 36.2 Å². The summed E-state index contributed by atoms with van der Waals surface area (Å²) in [4.78, 5) is 31.7. The lowest BCUT2D eigenvalue weighted by Gasteiger charge is -2.12. The quantitative estimate of drug-likeness (QED) is 0.304. The molecule has 0 saturated heterocycles. The monoisotopic (exact) mass is 458 g/mol. The number of aromatic hydroxyl groups is 1. The zero-order chi connectivity index (χ0) is 24.5. The van der Waals surface area contributed by atoms with Gasteiger partial charge in [-0.3, -0.25) is 4.79 Å². The van der Waals surface area contributed by atoms with Gasteiger partial charge >= 0.3 is 24.1 Å². The number of halogens is 3. The number of alkyl halides is 3. The Hall–Kier alpha value is -3.64. The van der Waals surface area contributed by atoms with Crippen LogP contribution in [0.25, 0.3) is 0 Å². The van der Waals surface area contributed by atoms with Crippen molar-refractivity contribution in [3.8, 4) is 11.5 Å². The van der Waals surface area contributed by atoms with E-state index in [4.69, 9.17) is 31.2 Å². The summed E-state index contributed by atoms with van der Waals surface area (Å²) >= 11 is 0. The number of esters is 1. The van der Waals surface area contributed by atoms with Crippen LogP contribution in [0.4, 0.5) is 13.2 Å². The lowest BCUT2D eigenvalue weighted by molar-refractivity contribution is -0.192. The van der Waals surface area contributed by atoms with Gasteiger partial charge in [-0.15, -0.1) is 0 Å². The number of aliphatic carboxylic acids is 2. The van der Waals surface area contributed by atoms with E-state index in [1.54, 1.807) is 36.4 Å². The predicted molar refractivity (Wildman–Crippen MR) is 105 cm³/mol. The largest absolute Gasteiger partial charge is 0.508 e. The normalized spacial score (nSPS) is 12.7. The van der Waals surface area contributed by atoms with Gasteiger partial charge in [-0.1, -0.05) is 24.3 Å². The van der Waals surface area contributed by atoms with Gasteiger partial charge in [-0.05, 0) is 48.2 Å². The number of rotatable bonds is 7. The van der Waals surface area contributed by atoms with Gasteiger partial charge in [0.15, 0.2) is 0 Å². The van der Waals surface area contributed by atoms with Gasteiger partial charge in [0.25, 0.3) is 0 Å². The van der Waals surface area contributed by atoms with Gasteiger partial charge in [0.05, 0.1) is 0 Å². The second kappa shape index (κ2) is 11.7. The minimum atomic E-state index is -5.08. The van der Waals surface area contributed by atoms with Gasteiger partial charge in [0, 0.05) is 0 Å². The lowest BCUT2D eigenvalue weighted by atomic mass is 10.1. The molecule has 0 spiro atoms. The minimum absolute atomic E-state index is 0.141. The first-order valence-corrected chi connectivity index (χ1v) is 8.92. The number of carboxylic acids is 2. The Kier molecular flexibility index (Phi) is 9.63. The van der Waals surface area contributed by atoms with Crippen molar-refractivity contribution < 1.29 is 47.6 Å². The number of ether oxygens (including phenoxy) is 1. The van der Waals surface area contributed by atoms with E-state index in [2.05, 4.69) is 0 Å². The first kappa shape index (κ1) is 26.4. The topological polar surface area (TPSA) is 173 Å². The van der Waals surface area contributed by atoms with Gasteiger partial charge in [-0.25, -0.2) is 9.59 Å². The lowest BCUT2D eigenvalue weighted by Crippen LogP contribution is -2.36. The van der Waals surface area contributed by atoms with Crippen molar-refractivity contribution in [2.45, 2.75) is 31.1 Å². The number of carboxylic acid groups (broad SMARTS) is 2. The maximum absolute atomic E-state index is 12.0. The summed E-state index contributed by atoms with van der Waals surface area (Å²) in [6.07, 6.45) is -4.62. The van der Waals surface area contributed by atoms with Gasteiger partial charge in [0.2, 0.25) is 0 Å². The highest BCUT2D eigenvalue weighted by atomic mass is 19.4. The summed E-state index contributed by atoms with van der Waals surface area (Å²) in [5, 5.41) is 25.2. The van der Waals surface area contributed by atoms with Gasteiger partial charge in [-0.2, -0.15) is 13.2 Å². The molecular weight excluding hydrogens is 437 g/mol. The van der Waals surface area contributed by atoms with Crippen LogP contribution in [-0.2, 0) is 27.2 Å². The molecular formula is C20H21F3N2O7. The van der Waals surface area contributed by atoms with Crippen molar-refractivity contribution >= 4 is 17.9 Å². The molecule has 0 bridgehead atoms. The fourth-order valence-corrected chi connectivity index (χ4v) is 2.20. The predicted octanol–water partition coefficient (Wildman–Crippen LogP) is 1.46. The van der Waals surface area contributed by atoms with E-state index in [0.717, 1.165) is 11.1 Å². The highest BCUT2D eigenvalue weighted by Crippen LogP contribution is 2.16. The summed E-state index contributed by atoms with van der Waals surface area (Å²) in [5.41, 5.74) is 12.8. The summed E-state index contributed by atoms with van der Waals surface area (Å²) in [7, 11) is 0. The maximum atomic E-state index is 12.0. The van der Waals surface area contributed by atoms with Crippen LogP contribution in [-0.4, -0.2) is 51.5 Å². The van der Waals surface area contributed by atoms with Crippen LogP contribution in [0, 0.1) is 0 Å². The Morgan fingerprint density at radius 2 is 1.25 bits per heavy atom. The number of carbonyl (C=O) groups is 3. The number of phenols is 1. The standard InChI is InChI=1S/C18H20N2O5.C2HF3O2/c19-15(17(22)23)9-12-3-7-14(8-4-12)25-18(24)16(20)10-11-1-5-13(21)6-2-11;3-2(4,5)1(6)7/h1-8,15-16,21H,9-10,19-20H2,(H,22,23);(H,6,7)/t15-,16-;/m0./s1. The average Bonchev–Trinajstić information content (AvgIpc) is 2.70. The summed E-state index contributed by atoms with van der Waals surface area (Å²) in [5.74, 6) is -3.95. The van der Waals surface area contributed by atoms with E-state index >= 15 is 0 Å². The molecule has 2 rings (SSSR count). The fraction of sp³-hybridized carbons (Fsp3) is 0.250. The van der Waals surface area contributed by atoms with Crippen molar-refractivity contribution in [3.05, 3.63) is 59.7 Å². The fourth-order valence-electron chi connectivity index (χ4n) is 2.20. The number of benzene rings is 2. The van der Waals surface area contributed by atoms with Crippen LogP contribution in [0.5, 0.6) is 11.5 Å². The molecule has 0 saturated carbocycles. The number of hydrogen-bond donors (Lipinski definition) is 5. The third-order valence-corrected chi connectivity index (χ3v) is 3.85. The third-order valence-electron chi connectivity index (χ3n) is 3.85. The summed E-state index contributed by atoms with van der Waals surface area (Å²) < 4.78 is 37.0. The number of nitrogens with two attached hydrogens (primary N) is 2. The van der Waals surface area contributed by atoms with Crippen molar-refractivity contribution in [3.63, 3.8) is 0 Å². The van der Waals surface area contributed by atoms with Crippen molar-refractivity contribution in [1.82, 2.24) is 0 Å².